The standard InChI is InChI=1S/C9H19NO3/c1-7(6-11)5-10-8(12)9(2,3)13-4/h7,11H,5-6H2,1-4H3,(H,10,12). The highest BCUT2D eigenvalue weighted by atomic mass is 16.5. The van der Waals surface area contributed by atoms with Crippen LogP contribution < -0.4 is 5.32 Å². The van der Waals surface area contributed by atoms with Gasteiger partial charge in [-0.25, -0.2) is 0 Å². The molecule has 0 fully saturated rings. The van der Waals surface area contributed by atoms with Crippen LogP contribution in [0, 0.1) is 5.92 Å². The van der Waals surface area contributed by atoms with E-state index in [1.165, 1.54) is 7.11 Å². The minimum atomic E-state index is -0.796. The molecular formula is C9H19NO3. The van der Waals surface area contributed by atoms with Gasteiger partial charge < -0.3 is 15.2 Å². The van der Waals surface area contributed by atoms with Crippen molar-refractivity contribution in [2.75, 3.05) is 20.3 Å². The Hall–Kier alpha value is -0.610. The molecule has 0 bridgehead atoms. The molecule has 0 aromatic heterocycles. The van der Waals surface area contributed by atoms with Crippen LogP contribution in [0.15, 0.2) is 0 Å². The number of hydrogen-bond donors (Lipinski definition) is 2. The van der Waals surface area contributed by atoms with Gasteiger partial charge in [0.2, 0.25) is 0 Å². The van der Waals surface area contributed by atoms with Crippen molar-refractivity contribution in [3.63, 3.8) is 0 Å². The van der Waals surface area contributed by atoms with Gasteiger partial charge in [-0.2, -0.15) is 0 Å². The summed E-state index contributed by atoms with van der Waals surface area (Å²) in [5.74, 6) is -0.0769. The number of aliphatic hydroxyl groups excluding tert-OH is 1. The Kier molecular flexibility index (Phi) is 4.95. The molecule has 1 unspecified atom stereocenters. The lowest BCUT2D eigenvalue weighted by Gasteiger charge is -2.22. The molecule has 13 heavy (non-hydrogen) atoms. The van der Waals surface area contributed by atoms with E-state index in [9.17, 15) is 4.79 Å². The number of ether oxygens (including phenoxy) is 1. The minimum Gasteiger partial charge on any atom is -0.396 e. The highest BCUT2D eigenvalue weighted by Crippen LogP contribution is 2.06. The van der Waals surface area contributed by atoms with Crippen molar-refractivity contribution in [2.24, 2.45) is 5.92 Å². The van der Waals surface area contributed by atoms with E-state index < -0.39 is 5.60 Å². The van der Waals surface area contributed by atoms with Crippen LogP contribution in [0.1, 0.15) is 20.8 Å². The van der Waals surface area contributed by atoms with E-state index in [1.807, 2.05) is 6.92 Å². The molecular weight excluding hydrogens is 170 g/mol. The maximum absolute atomic E-state index is 11.4. The first-order valence-corrected chi connectivity index (χ1v) is 4.38. The zero-order valence-electron chi connectivity index (χ0n) is 8.76. The fourth-order valence-corrected chi connectivity index (χ4v) is 0.637. The normalized spacial score (nSPS) is 13.9. The first-order chi connectivity index (χ1) is 5.94. The van der Waals surface area contributed by atoms with Crippen molar-refractivity contribution in [1.29, 1.82) is 0 Å². The Morgan fingerprint density at radius 3 is 2.54 bits per heavy atom. The third-order valence-electron chi connectivity index (χ3n) is 1.98. The van der Waals surface area contributed by atoms with Gasteiger partial charge in [-0.05, 0) is 19.8 Å². The van der Waals surface area contributed by atoms with Gasteiger partial charge in [0, 0.05) is 20.3 Å². The fourth-order valence-electron chi connectivity index (χ4n) is 0.637. The SMILES string of the molecule is COC(C)(C)C(=O)NCC(C)CO. The maximum Gasteiger partial charge on any atom is 0.251 e. The number of nitrogens with one attached hydrogen (secondary N) is 1. The summed E-state index contributed by atoms with van der Waals surface area (Å²) >= 11 is 0. The van der Waals surface area contributed by atoms with Crippen LogP contribution in [0.3, 0.4) is 0 Å². The number of aliphatic hydroxyl groups is 1. The molecule has 0 heterocycles. The second kappa shape index (κ2) is 5.19. The quantitative estimate of drug-likeness (QED) is 0.647. The first-order valence-electron chi connectivity index (χ1n) is 4.38. The summed E-state index contributed by atoms with van der Waals surface area (Å²) in [5.41, 5.74) is -0.796. The predicted octanol–water partition coefficient (Wildman–Crippen LogP) is 0.156. The molecule has 4 heteroatoms. The second-order valence-corrected chi connectivity index (χ2v) is 3.71. The lowest BCUT2D eigenvalue weighted by molar-refractivity contribution is -0.139. The molecule has 0 aliphatic carbocycles. The maximum atomic E-state index is 11.4. The van der Waals surface area contributed by atoms with E-state index >= 15 is 0 Å². The topological polar surface area (TPSA) is 58.6 Å². The largest absolute Gasteiger partial charge is 0.396 e. The Morgan fingerprint density at radius 2 is 2.15 bits per heavy atom. The minimum absolute atomic E-state index is 0.0771. The van der Waals surface area contributed by atoms with E-state index in [0.29, 0.717) is 6.54 Å². The van der Waals surface area contributed by atoms with Gasteiger partial charge in [0.1, 0.15) is 5.60 Å². The van der Waals surface area contributed by atoms with Crippen molar-refractivity contribution in [2.45, 2.75) is 26.4 Å². The summed E-state index contributed by atoms with van der Waals surface area (Å²) in [6.45, 7) is 5.81. The van der Waals surface area contributed by atoms with Crippen molar-refractivity contribution in [3.05, 3.63) is 0 Å². The van der Waals surface area contributed by atoms with Crippen LogP contribution in [0.4, 0.5) is 0 Å². The Balaban J connectivity index is 3.88. The number of carbonyl (C=O) groups excluding carboxylic acids is 1. The summed E-state index contributed by atoms with van der Waals surface area (Å²) < 4.78 is 4.99. The van der Waals surface area contributed by atoms with E-state index in [0.717, 1.165) is 0 Å². The third-order valence-corrected chi connectivity index (χ3v) is 1.98. The molecule has 0 saturated heterocycles. The zero-order chi connectivity index (χ0) is 10.5. The van der Waals surface area contributed by atoms with E-state index in [-0.39, 0.29) is 18.4 Å². The Morgan fingerprint density at radius 1 is 1.62 bits per heavy atom. The molecule has 0 aromatic carbocycles. The van der Waals surface area contributed by atoms with Crippen LogP contribution in [0.25, 0.3) is 0 Å². The summed E-state index contributed by atoms with van der Waals surface area (Å²) in [6, 6.07) is 0. The van der Waals surface area contributed by atoms with Gasteiger partial charge in [0.05, 0.1) is 0 Å². The van der Waals surface area contributed by atoms with Gasteiger partial charge in [0.25, 0.3) is 5.91 Å². The molecule has 78 valence electrons. The molecule has 0 aliphatic heterocycles. The van der Waals surface area contributed by atoms with Gasteiger partial charge in [-0.3, -0.25) is 4.79 Å². The lowest BCUT2D eigenvalue weighted by Crippen LogP contribution is -2.45. The number of hydrogen-bond acceptors (Lipinski definition) is 3. The summed E-state index contributed by atoms with van der Waals surface area (Å²) in [4.78, 5) is 11.4. The zero-order valence-corrected chi connectivity index (χ0v) is 8.76. The summed E-state index contributed by atoms with van der Waals surface area (Å²) in [5, 5.41) is 11.4. The molecule has 0 rings (SSSR count). The highest BCUT2D eigenvalue weighted by Gasteiger charge is 2.26. The van der Waals surface area contributed by atoms with E-state index in [4.69, 9.17) is 9.84 Å². The van der Waals surface area contributed by atoms with Crippen molar-refractivity contribution < 1.29 is 14.6 Å². The van der Waals surface area contributed by atoms with Crippen molar-refractivity contribution in [3.8, 4) is 0 Å². The smallest absolute Gasteiger partial charge is 0.251 e. The molecule has 0 radical (unpaired) electrons. The van der Waals surface area contributed by atoms with E-state index in [1.54, 1.807) is 13.8 Å². The second-order valence-electron chi connectivity index (χ2n) is 3.71. The van der Waals surface area contributed by atoms with Crippen molar-refractivity contribution >= 4 is 5.91 Å². The van der Waals surface area contributed by atoms with Crippen LogP contribution in [0.5, 0.6) is 0 Å². The number of carbonyl (C=O) groups is 1. The number of rotatable bonds is 5. The fraction of sp³-hybridized carbons (Fsp3) is 0.889. The van der Waals surface area contributed by atoms with E-state index in [2.05, 4.69) is 5.32 Å². The third kappa shape index (κ3) is 4.24. The van der Waals surface area contributed by atoms with Gasteiger partial charge in [-0.15, -0.1) is 0 Å². The van der Waals surface area contributed by atoms with Gasteiger partial charge in [0.15, 0.2) is 0 Å². The first kappa shape index (κ1) is 12.4. The molecule has 0 saturated carbocycles. The molecule has 0 spiro atoms. The Labute approximate surface area is 79.3 Å². The monoisotopic (exact) mass is 189 g/mol. The average molecular weight is 189 g/mol. The average Bonchev–Trinajstić information content (AvgIpc) is 2.13. The predicted molar refractivity (Wildman–Crippen MR) is 50.3 cm³/mol. The molecule has 1 atom stereocenters. The summed E-state index contributed by atoms with van der Waals surface area (Å²) in [7, 11) is 1.50. The lowest BCUT2D eigenvalue weighted by atomic mass is 10.1. The highest BCUT2D eigenvalue weighted by molar-refractivity contribution is 5.84. The van der Waals surface area contributed by atoms with Crippen molar-refractivity contribution in [1.82, 2.24) is 5.32 Å². The molecule has 4 nitrogen and oxygen atoms in total. The van der Waals surface area contributed by atoms with Crippen LogP contribution in [0.2, 0.25) is 0 Å². The molecule has 0 aliphatic rings. The molecule has 1 amide bonds. The van der Waals surface area contributed by atoms with Crippen LogP contribution in [-0.4, -0.2) is 36.9 Å². The Bertz CT molecular complexity index is 168. The molecule has 0 aromatic rings. The van der Waals surface area contributed by atoms with Gasteiger partial charge >= 0.3 is 0 Å². The van der Waals surface area contributed by atoms with Crippen LogP contribution in [-0.2, 0) is 9.53 Å². The van der Waals surface area contributed by atoms with Crippen LogP contribution >= 0.6 is 0 Å². The van der Waals surface area contributed by atoms with Gasteiger partial charge in [-0.1, -0.05) is 6.92 Å². The molecule has 2 N–H and O–H groups in total. The summed E-state index contributed by atoms with van der Waals surface area (Å²) in [6.07, 6.45) is 0. The number of methoxy groups -OCH3 is 1. The number of amides is 1.